The van der Waals surface area contributed by atoms with Gasteiger partial charge in [-0.3, -0.25) is 4.57 Å². The van der Waals surface area contributed by atoms with Gasteiger partial charge in [-0.15, -0.1) is 0 Å². The first-order chi connectivity index (χ1) is 17.9. The van der Waals surface area contributed by atoms with Gasteiger partial charge in [-0.1, -0.05) is 43.2 Å². The van der Waals surface area contributed by atoms with Crippen LogP contribution in [-0.2, 0) is 24.8 Å². The molecule has 2 aliphatic carbocycles. The number of hydrogen-bond acceptors (Lipinski definition) is 6. The number of carbonyl (C=O) groups excluding carboxylic acids is 1. The summed E-state index contributed by atoms with van der Waals surface area (Å²) in [6, 6.07) is 12.1. The average Bonchev–Trinajstić information content (AvgIpc) is 2.90. The normalized spacial score (nSPS) is 18.2. The highest BCUT2D eigenvalue weighted by Gasteiger charge is 2.37. The molecule has 0 radical (unpaired) electrons. The van der Waals surface area contributed by atoms with E-state index in [-0.39, 0.29) is 25.4 Å². The number of rotatable bonds is 10. The van der Waals surface area contributed by atoms with Crippen molar-refractivity contribution in [2.45, 2.75) is 102 Å². The fraction of sp³-hybridized carbons (Fsp3) is 0.621. The van der Waals surface area contributed by atoms with Gasteiger partial charge in [0.1, 0.15) is 11.4 Å². The van der Waals surface area contributed by atoms with Gasteiger partial charge in [0.15, 0.2) is 0 Å². The first-order valence-electron chi connectivity index (χ1n) is 14.0. The third-order valence-electron chi connectivity index (χ3n) is 7.52. The van der Waals surface area contributed by atoms with Gasteiger partial charge in [-0.25, -0.2) is 0 Å². The molecule has 0 saturated heterocycles. The van der Waals surface area contributed by atoms with Crippen molar-refractivity contribution in [3.05, 3.63) is 42.0 Å². The summed E-state index contributed by atoms with van der Waals surface area (Å²) in [7, 11) is -3.87. The van der Waals surface area contributed by atoms with Crippen LogP contribution in [0.15, 0.2) is 36.4 Å². The zero-order valence-electron chi connectivity index (χ0n) is 22.4. The van der Waals surface area contributed by atoms with Crippen LogP contribution >= 0.6 is 7.60 Å². The monoisotopic (exact) mass is 533 g/mol. The molecule has 1 atom stereocenters. The number of quaternary nitrogens is 1. The van der Waals surface area contributed by atoms with Crippen LogP contribution in [0.5, 0.6) is 5.75 Å². The van der Waals surface area contributed by atoms with E-state index in [2.05, 4.69) is 5.32 Å². The topological polar surface area (TPSA) is 112 Å². The van der Waals surface area contributed by atoms with E-state index in [1.807, 2.05) is 0 Å². The molecule has 206 valence electrons. The van der Waals surface area contributed by atoms with Gasteiger partial charge >= 0.3 is 7.60 Å². The van der Waals surface area contributed by atoms with Crippen LogP contribution in [0.2, 0.25) is 0 Å². The number of hydrogen-bond donors (Lipinski definition) is 2. The summed E-state index contributed by atoms with van der Waals surface area (Å²) in [6.07, 6.45) is 14.9. The molecule has 2 saturated carbocycles. The predicted octanol–water partition coefficient (Wildman–Crippen LogP) is 4.69. The largest absolute Gasteiger partial charge is 0.549 e. The second-order valence-electron chi connectivity index (χ2n) is 10.2. The molecule has 4 rings (SSSR count). The smallest absolute Gasteiger partial charge is 0.339 e. The number of phenols is 1. The summed E-state index contributed by atoms with van der Waals surface area (Å²) in [4.78, 5) is 11.6. The number of benzene rings is 2. The Bertz CT molecular complexity index is 1010. The van der Waals surface area contributed by atoms with Crippen LogP contribution in [0.4, 0.5) is 0 Å². The molecule has 1 unspecified atom stereocenters. The van der Waals surface area contributed by atoms with Gasteiger partial charge < -0.3 is 29.4 Å². The summed E-state index contributed by atoms with van der Waals surface area (Å²) < 4.78 is 23.2. The molecule has 0 amide bonds. The minimum absolute atomic E-state index is 0.0668. The summed E-state index contributed by atoms with van der Waals surface area (Å²) in [5.74, 6) is -1.39. The van der Waals surface area contributed by atoms with Crippen LogP contribution in [0.3, 0.4) is 0 Å². The van der Waals surface area contributed by atoms with Crippen molar-refractivity contribution >= 4 is 24.3 Å². The van der Waals surface area contributed by atoms with Crippen LogP contribution in [0.25, 0.3) is 10.8 Å². The number of phenolic OH excluding ortho intramolecular Hbond substituents is 1. The molecule has 3 N–H and O–H groups in total. The summed E-state index contributed by atoms with van der Waals surface area (Å²) >= 11 is 0. The Kier molecular flexibility index (Phi) is 11.9. The van der Waals surface area contributed by atoms with Crippen molar-refractivity contribution in [3.8, 4) is 5.75 Å². The number of aliphatic carboxylic acids is 1. The molecular formula is C29H44NO6P. The van der Waals surface area contributed by atoms with Crippen molar-refractivity contribution in [3.63, 3.8) is 0 Å². The molecule has 2 aliphatic rings. The standard InChI is InChI=1S/C17H21O6P.C12H23N/c1-3-22-24(21,23-4-2)16(17(19)20)11-12-9-10-15(18)14-8-6-5-7-13(12)14;1-3-7-11(8-4-1)13-12-9-5-2-6-10-12/h5-10,16,18H,3-4,11H2,1-2H3,(H,19,20);11-13H,1-10H2. The van der Waals surface area contributed by atoms with Crippen molar-refractivity contribution < 1.29 is 33.9 Å². The zero-order valence-corrected chi connectivity index (χ0v) is 23.3. The number of nitrogens with two attached hydrogens (primary N) is 1. The third-order valence-corrected chi connectivity index (χ3v) is 9.91. The zero-order chi connectivity index (χ0) is 26.7. The highest BCUT2D eigenvalue weighted by molar-refractivity contribution is 7.55. The van der Waals surface area contributed by atoms with Crippen LogP contribution in [-0.4, -0.2) is 42.0 Å². The van der Waals surface area contributed by atoms with E-state index in [9.17, 15) is 19.6 Å². The second kappa shape index (κ2) is 14.9. The Morgan fingerprint density at radius 2 is 1.43 bits per heavy atom. The van der Waals surface area contributed by atoms with Gasteiger partial charge in [0.25, 0.3) is 0 Å². The summed E-state index contributed by atoms with van der Waals surface area (Å²) in [5.41, 5.74) is -0.803. The quantitative estimate of drug-likeness (QED) is 0.429. The predicted molar refractivity (Wildman–Crippen MR) is 145 cm³/mol. The molecule has 7 nitrogen and oxygen atoms in total. The SMILES string of the molecule is C1CCC([NH2+]C2CCCCC2)CC1.CCOP(=O)(OCC)C(Cc1ccc(O)c2ccccc12)C(=O)[O-]. The fourth-order valence-corrected chi connectivity index (χ4v) is 7.50. The number of fused-ring (bicyclic) bond motifs is 1. The van der Waals surface area contributed by atoms with Gasteiger partial charge in [-0.2, -0.15) is 0 Å². The van der Waals surface area contributed by atoms with E-state index >= 15 is 0 Å². The van der Waals surface area contributed by atoms with Crippen molar-refractivity contribution in [2.24, 2.45) is 0 Å². The first-order valence-corrected chi connectivity index (χ1v) is 15.6. The molecule has 37 heavy (non-hydrogen) atoms. The van der Waals surface area contributed by atoms with E-state index in [0.29, 0.717) is 16.3 Å². The maximum absolute atomic E-state index is 12.8. The molecule has 0 spiro atoms. The molecule has 2 aromatic carbocycles. The Labute approximate surface area is 221 Å². The van der Waals surface area contributed by atoms with Crippen LogP contribution in [0.1, 0.15) is 83.6 Å². The van der Waals surface area contributed by atoms with Gasteiger partial charge in [0.2, 0.25) is 0 Å². The molecule has 2 aromatic rings. The Morgan fingerprint density at radius 3 is 1.92 bits per heavy atom. The van der Waals surface area contributed by atoms with Gasteiger partial charge in [0, 0.05) is 5.39 Å². The highest BCUT2D eigenvalue weighted by atomic mass is 31.2. The van der Waals surface area contributed by atoms with E-state index in [1.165, 1.54) is 70.3 Å². The molecule has 0 heterocycles. The minimum atomic E-state index is -3.87. The lowest BCUT2D eigenvalue weighted by molar-refractivity contribution is -0.725. The Balaban J connectivity index is 0.000000244. The van der Waals surface area contributed by atoms with Gasteiger partial charge in [-0.05, 0) is 88.7 Å². The Morgan fingerprint density at radius 1 is 0.919 bits per heavy atom. The molecular weight excluding hydrogens is 489 g/mol. The van der Waals surface area contributed by atoms with Crippen molar-refractivity contribution in [1.29, 1.82) is 0 Å². The summed E-state index contributed by atoms with van der Waals surface area (Å²) in [6.45, 7) is 3.37. The van der Waals surface area contributed by atoms with Crippen molar-refractivity contribution in [1.82, 2.24) is 0 Å². The first kappa shape index (κ1) is 29.6. The second-order valence-corrected chi connectivity index (χ2v) is 12.4. The fourth-order valence-electron chi connectivity index (χ4n) is 5.67. The van der Waals surface area contributed by atoms with Crippen molar-refractivity contribution in [2.75, 3.05) is 13.2 Å². The maximum Gasteiger partial charge on any atom is 0.339 e. The molecule has 0 aliphatic heterocycles. The van der Waals surface area contributed by atoms with E-state index in [0.717, 1.165) is 12.1 Å². The van der Waals surface area contributed by atoms with E-state index in [1.54, 1.807) is 44.2 Å². The number of carboxylic acids is 1. The van der Waals surface area contributed by atoms with E-state index in [4.69, 9.17) is 9.05 Å². The van der Waals surface area contributed by atoms with E-state index < -0.39 is 19.2 Å². The molecule has 8 heteroatoms. The summed E-state index contributed by atoms with van der Waals surface area (Å²) in [5, 5.41) is 25.5. The number of aromatic hydroxyl groups is 1. The molecule has 2 fully saturated rings. The van der Waals surface area contributed by atoms with Gasteiger partial charge in [0.05, 0.1) is 31.3 Å². The lowest BCUT2D eigenvalue weighted by atomic mass is 9.91. The van der Waals surface area contributed by atoms with Crippen LogP contribution in [0, 0.1) is 0 Å². The lowest BCUT2D eigenvalue weighted by Crippen LogP contribution is -2.95. The third kappa shape index (κ3) is 8.54. The minimum Gasteiger partial charge on any atom is -0.549 e. The highest BCUT2D eigenvalue weighted by Crippen LogP contribution is 2.54. The number of carbonyl (C=O) groups is 1. The number of carboxylic acid groups (broad SMARTS) is 1. The lowest BCUT2D eigenvalue weighted by Gasteiger charge is -2.27. The molecule has 0 aromatic heterocycles. The van der Waals surface area contributed by atoms with Crippen LogP contribution < -0.4 is 10.4 Å². The maximum atomic E-state index is 12.8. The average molecular weight is 534 g/mol. The Hall–Kier alpha value is -1.92. The molecule has 0 bridgehead atoms.